The monoisotopic (exact) mass is 762 g/mol. The van der Waals surface area contributed by atoms with Crippen LogP contribution in [-0.2, 0) is 0 Å². The van der Waals surface area contributed by atoms with Crippen molar-refractivity contribution in [3.8, 4) is 0 Å². The minimum absolute atomic E-state index is 0.874. The molecule has 0 atom stereocenters. The second-order valence-electron chi connectivity index (χ2n) is 13.3. The summed E-state index contributed by atoms with van der Waals surface area (Å²) >= 11 is 4.04. The summed E-state index contributed by atoms with van der Waals surface area (Å²) in [5.41, 5.74) is 1.76. The van der Waals surface area contributed by atoms with Crippen molar-refractivity contribution in [3.63, 3.8) is 0 Å². The van der Waals surface area contributed by atoms with E-state index in [2.05, 4.69) is 228 Å². The van der Waals surface area contributed by atoms with Gasteiger partial charge in [-0.15, -0.1) is 0 Å². The van der Waals surface area contributed by atoms with Crippen LogP contribution in [0.4, 0.5) is 0 Å². The van der Waals surface area contributed by atoms with Crippen LogP contribution in [0.2, 0.25) is 0 Å². The minimum Gasteiger partial charge on any atom is -0.455 e. The summed E-state index contributed by atoms with van der Waals surface area (Å²) in [6.45, 7) is 0. The molecule has 0 saturated heterocycles. The van der Waals surface area contributed by atoms with Crippen LogP contribution in [0.25, 0.3) is 21.9 Å². The topological polar surface area (TPSA) is 13.1 Å². The summed E-state index contributed by atoms with van der Waals surface area (Å²) in [4.78, 5) is 0. The molecule has 0 radical (unpaired) electrons. The van der Waals surface area contributed by atoms with E-state index in [-0.39, 0.29) is 0 Å². The van der Waals surface area contributed by atoms with Crippen LogP contribution in [0.1, 0.15) is 0 Å². The van der Waals surface area contributed by atoms with Gasteiger partial charge >= 0.3 is 0 Å². The Morgan fingerprint density at radius 1 is 0.308 bits per heavy atom. The van der Waals surface area contributed by atoms with Crippen molar-refractivity contribution in [2.45, 2.75) is 0 Å². The fourth-order valence-electron chi connectivity index (χ4n) is 8.42. The number of halogens is 1. The van der Waals surface area contributed by atoms with Crippen LogP contribution in [0, 0.1) is 0 Å². The van der Waals surface area contributed by atoms with Gasteiger partial charge in [0.05, 0.1) is 4.47 Å². The minimum atomic E-state index is -2.78. The van der Waals surface area contributed by atoms with Crippen LogP contribution in [0.3, 0.4) is 0 Å². The van der Waals surface area contributed by atoms with Gasteiger partial charge in [0, 0.05) is 10.8 Å². The van der Waals surface area contributed by atoms with E-state index < -0.39 is 16.1 Å². The van der Waals surface area contributed by atoms with Crippen LogP contribution < -0.4 is 41.5 Å². The van der Waals surface area contributed by atoms with Gasteiger partial charge in [-0.05, 0) is 69.6 Å². The Morgan fingerprint density at radius 2 is 0.635 bits per heavy atom. The molecule has 9 aromatic rings. The Kier molecular flexibility index (Phi) is 8.44. The molecular weight excluding hydrogens is 729 g/mol. The van der Waals surface area contributed by atoms with E-state index in [0.29, 0.717) is 0 Å². The van der Waals surface area contributed by atoms with E-state index in [4.69, 9.17) is 4.42 Å². The number of furan rings is 1. The van der Waals surface area contributed by atoms with Crippen molar-refractivity contribution >= 4 is 95.5 Å². The molecule has 1 heterocycles. The van der Waals surface area contributed by atoms with E-state index in [0.717, 1.165) is 26.4 Å². The molecule has 0 saturated carbocycles. The number of fused-ring (bicyclic) bond motifs is 3. The van der Waals surface area contributed by atoms with E-state index in [1.54, 1.807) is 0 Å². The van der Waals surface area contributed by atoms with Crippen LogP contribution in [-0.4, -0.2) is 16.1 Å². The fourth-order valence-corrected chi connectivity index (χ4v) is 18.7. The zero-order chi connectivity index (χ0) is 35.0. The molecule has 0 amide bonds. The molecule has 1 nitrogen and oxygen atoms in total. The van der Waals surface area contributed by atoms with Crippen LogP contribution >= 0.6 is 15.9 Å². The molecule has 4 heteroatoms. The average Bonchev–Trinajstić information content (AvgIpc) is 3.60. The molecule has 52 heavy (non-hydrogen) atoms. The van der Waals surface area contributed by atoms with Gasteiger partial charge in [-0.3, -0.25) is 0 Å². The molecule has 0 fully saturated rings. The lowest BCUT2D eigenvalue weighted by atomic mass is 10.1. The SMILES string of the molecule is Brc1cc([Si](c2ccccc2)(c2ccccc2)c2ccccc2)cc2c1oc1ccc([Si](c3ccccc3)(c3ccccc3)c3ccccc3)cc12. The van der Waals surface area contributed by atoms with Gasteiger partial charge in [0.15, 0.2) is 16.1 Å². The first-order valence-corrected chi connectivity index (χ1v) is 22.5. The Labute approximate surface area is 315 Å². The van der Waals surface area contributed by atoms with Crippen molar-refractivity contribution in [2.75, 3.05) is 0 Å². The normalized spacial score (nSPS) is 11.9. The zero-order valence-electron chi connectivity index (χ0n) is 28.5. The molecule has 0 N–H and O–H groups in total. The lowest BCUT2D eigenvalue weighted by Gasteiger charge is -2.34. The van der Waals surface area contributed by atoms with Crippen LogP contribution in [0.5, 0.6) is 0 Å². The molecule has 9 rings (SSSR count). The molecule has 8 aromatic carbocycles. The maximum atomic E-state index is 6.74. The Morgan fingerprint density at radius 3 is 1.00 bits per heavy atom. The summed E-state index contributed by atoms with van der Waals surface area (Å²) in [5, 5.41) is 13.0. The van der Waals surface area contributed by atoms with Gasteiger partial charge in [-0.2, -0.15) is 0 Å². The Bertz CT molecular complexity index is 2420. The van der Waals surface area contributed by atoms with Gasteiger partial charge in [0.2, 0.25) is 0 Å². The van der Waals surface area contributed by atoms with Gasteiger partial charge in [-0.25, -0.2) is 0 Å². The Hall–Kier alpha value is -5.53. The third kappa shape index (κ3) is 5.17. The number of hydrogen-bond acceptors (Lipinski definition) is 1. The first kappa shape index (κ1) is 32.4. The molecule has 1 aromatic heterocycles. The maximum absolute atomic E-state index is 6.74. The lowest BCUT2D eigenvalue weighted by molar-refractivity contribution is 0.667. The van der Waals surface area contributed by atoms with E-state index >= 15 is 0 Å². The summed E-state index contributed by atoms with van der Waals surface area (Å²) in [6.07, 6.45) is 0. The number of hydrogen-bond donors (Lipinski definition) is 0. The van der Waals surface area contributed by atoms with Crippen molar-refractivity contribution in [1.82, 2.24) is 0 Å². The molecule has 0 aliphatic rings. The van der Waals surface area contributed by atoms with Gasteiger partial charge in [0.1, 0.15) is 11.2 Å². The first-order chi connectivity index (χ1) is 25.7. The Balaban J connectivity index is 1.38. The number of rotatable bonds is 8. The smallest absolute Gasteiger partial charge is 0.179 e. The molecule has 248 valence electrons. The molecule has 0 bridgehead atoms. The maximum Gasteiger partial charge on any atom is 0.179 e. The molecule has 0 unspecified atom stereocenters. The molecular formula is C48H35BrOSi2. The predicted octanol–water partition coefficient (Wildman–Crippen LogP) is 7.10. The van der Waals surface area contributed by atoms with Gasteiger partial charge < -0.3 is 4.42 Å². The highest BCUT2D eigenvalue weighted by molar-refractivity contribution is 9.10. The highest BCUT2D eigenvalue weighted by atomic mass is 79.9. The molecule has 0 aliphatic heterocycles. The lowest BCUT2D eigenvalue weighted by Crippen LogP contribution is -2.74. The largest absolute Gasteiger partial charge is 0.455 e. The number of benzene rings is 8. The van der Waals surface area contributed by atoms with Crippen LogP contribution in [0.15, 0.2) is 221 Å². The van der Waals surface area contributed by atoms with Gasteiger partial charge in [0.25, 0.3) is 0 Å². The summed E-state index contributed by atoms with van der Waals surface area (Å²) < 4.78 is 7.70. The van der Waals surface area contributed by atoms with Crippen molar-refractivity contribution in [3.05, 3.63) is 217 Å². The summed E-state index contributed by atoms with van der Waals surface area (Å²) in [6, 6.07) is 78.3. The van der Waals surface area contributed by atoms with Crippen molar-refractivity contribution in [2.24, 2.45) is 0 Å². The average molecular weight is 764 g/mol. The molecule has 0 aliphatic carbocycles. The summed E-state index contributed by atoms with van der Waals surface area (Å²) in [7, 11) is -5.52. The van der Waals surface area contributed by atoms with Gasteiger partial charge in [-0.1, -0.05) is 200 Å². The van der Waals surface area contributed by atoms with E-state index in [1.807, 2.05) is 0 Å². The van der Waals surface area contributed by atoms with Crippen molar-refractivity contribution < 1.29 is 4.42 Å². The highest BCUT2D eigenvalue weighted by Gasteiger charge is 2.43. The highest BCUT2D eigenvalue weighted by Crippen LogP contribution is 2.33. The first-order valence-electron chi connectivity index (χ1n) is 17.7. The fraction of sp³-hybridized carbons (Fsp3) is 0. The van der Waals surface area contributed by atoms with E-state index in [9.17, 15) is 0 Å². The standard InChI is InChI=1S/C48H35BrOSi2/c49-46-35-43(52(39-25-13-4-14-26-39,40-27-15-5-16-28-40)41-29-17-6-18-30-41)34-45-44-33-42(31-32-47(44)50-48(45)46)51(36-19-7-1-8-20-36,37-21-9-2-10-22-37)38-23-11-3-12-24-38/h1-35H. The third-order valence-electron chi connectivity index (χ3n) is 10.6. The zero-order valence-corrected chi connectivity index (χ0v) is 32.1. The predicted molar refractivity (Wildman–Crippen MR) is 229 cm³/mol. The molecule has 0 spiro atoms. The van der Waals surface area contributed by atoms with E-state index in [1.165, 1.54) is 41.5 Å². The van der Waals surface area contributed by atoms with Crippen molar-refractivity contribution in [1.29, 1.82) is 0 Å². The summed E-state index contributed by atoms with van der Waals surface area (Å²) in [5.74, 6) is 0. The quantitative estimate of drug-likeness (QED) is 0.119. The second kappa shape index (κ2) is 13.5. The second-order valence-corrected chi connectivity index (χ2v) is 21.8. The third-order valence-corrected chi connectivity index (χ3v) is 20.7.